The van der Waals surface area contributed by atoms with Gasteiger partial charge < -0.3 is 19.2 Å². The minimum atomic E-state index is -0.547. The van der Waals surface area contributed by atoms with Crippen molar-refractivity contribution in [3.05, 3.63) is 52.9 Å². The monoisotopic (exact) mass is 671 g/mol. The Morgan fingerprint density at radius 2 is 1.65 bits per heavy atom. The first kappa shape index (κ1) is 32.4. The van der Waals surface area contributed by atoms with Crippen LogP contribution in [0.25, 0.3) is 27.3 Å². The van der Waals surface area contributed by atoms with Crippen LogP contribution in [0.4, 0.5) is 9.59 Å². The number of carbonyl (C=O) groups is 2. The summed E-state index contributed by atoms with van der Waals surface area (Å²) in [6.07, 6.45) is 8.44. The SMILES string of the molecule is CC(C)(C)OC(=O)N1CCC[C@H]1C1=NC=C(c2cc3c(s2)-c2ccc(-c4cnc([C@@H]5CCCN5C(=O)OC(C)(C)C)[nH]4)cc2OCC3)C1. The highest BCUT2D eigenvalue weighted by molar-refractivity contribution is 7.16. The summed E-state index contributed by atoms with van der Waals surface area (Å²) >= 11 is 1.78. The molecule has 6 heterocycles. The molecule has 10 nitrogen and oxygen atoms in total. The maximum Gasteiger partial charge on any atom is 0.410 e. The molecule has 2 atom stereocenters. The molecule has 0 bridgehead atoms. The first-order valence-corrected chi connectivity index (χ1v) is 17.8. The molecule has 254 valence electrons. The van der Waals surface area contributed by atoms with Crippen molar-refractivity contribution in [2.45, 2.75) is 103 Å². The summed E-state index contributed by atoms with van der Waals surface area (Å²) in [7, 11) is 0. The third-order valence-corrected chi connectivity index (χ3v) is 10.4. The second-order valence-electron chi connectivity index (χ2n) is 15.1. The molecule has 1 aromatic carbocycles. The number of hydrogen-bond acceptors (Lipinski definition) is 8. The quantitative estimate of drug-likeness (QED) is 0.298. The summed E-state index contributed by atoms with van der Waals surface area (Å²) in [6, 6.07) is 8.46. The van der Waals surface area contributed by atoms with E-state index in [-0.39, 0.29) is 24.3 Å². The number of fused-ring (bicyclic) bond motifs is 3. The minimum absolute atomic E-state index is 0.0176. The number of ether oxygens (including phenoxy) is 3. The van der Waals surface area contributed by atoms with Crippen molar-refractivity contribution in [2.75, 3.05) is 19.7 Å². The third-order valence-electron chi connectivity index (χ3n) is 9.11. The second-order valence-corrected chi connectivity index (χ2v) is 16.1. The van der Waals surface area contributed by atoms with E-state index >= 15 is 0 Å². The number of thiophene rings is 1. The summed E-state index contributed by atoms with van der Waals surface area (Å²) in [5, 5.41) is 0. The fourth-order valence-electron chi connectivity index (χ4n) is 6.97. The summed E-state index contributed by atoms with van der Waals surface area (Å²) in [5.41, 5.74) is 5.39. The molecule has 4 aliphatic heterocycles. The van der Waals surface area contributed by atoms with Crippen LogP contribution in [0, 0.1) is 0 Å². The molecule has 2 amide bonds. The van der Waals surface area contributed by atoms with Crippen LogP contribution in [-0.2, 0) is 15.9 Å². The Morgan fingerprint density at radius 1 is 0.958 bits per heavy atom. The molecule has 11 heteroatoms. The van der Waals surface area contributed by atoms with E-state index < -0.39 is 11.2 Å². The van der Waals surface area contributed by atoms with Crippen LogP contribution >= 0.6 is 11.3 Å². The smallest absolute Gasteiger partial charge is 0.410 e. The van der Waals surface area contributed by atoms with Gasteiger partial charge in [0.05, 0.1) is 30.6 Å². The van der Waals surface area contributed by atoms with Crippen LogP contribution in [0.15, 0.2) is 41.7 Å². The largest absolute Gasteiger partial charge is 0.493 e. The van der Waals surface area contributed by atoms with E-state index in [1.165, 1.54) is 20.9 Å². The Kier molecular flexibility index (Phi) is 8.38. The number of allylic oxidation sites excluding steroid dienone is 1. The van der Waals surface area contributed by atoms with Gasteiger partial charge in [-0.15, -0.1) is 11.3 Å². The van der Waals surface area contributed by atoms with Gasteiger partial charge in [0, 0.05) is 58.7 Å². The van der Waals surface area contributed by atoms with Gasteiger partial charge in [-0.25, -0.2) is 14.6 Å². The summed E-state index contributed by atoms with van der Waals surface area (Å²) < 4.78 is 17.6. The molecule has 0 saturated carbocycles. The van der Waals surface area contributed by atoms with Gasteiger partial charge >= 0.3 is 12.2 Å². The lowest BCUT2D eigenvalue weighted by atomic mass is 10.0. The number of likely N-dealkylation sites (tertiary alicyclic amines) is 2. The number of imidazole rings is 1. The number of H-pyrrole nitrogens is 1. The average molecular weight is 672 g/mol. The van der Waals surface area contributed by atoms with E-state index in [0.717, 1.165) is 72.6 Å². The number of aromatic amines is 1. The fourth-order valence-corrected chi connectivity index (χ4v) is 8.21. The highest BCUT2D eigenvalue weighted by Gasteiger charge is 2.37. The van der Waals surface area contributed by atoms with Crippen molar-refractivity contribution in [2.24, 2.45) is 4.99 Å². The predicted molar refractivity (Wildman–Crippen MR) is 187 cm³/mol. The Labute approximate surface area is 286 Å². The molecule has 2 saturated heterocycles. The lowest BCUT2D eigenvalue weighted by molar-refractivity contribution is 0.0216. The van der Waals surface area contributed by atoms with Crippen LogP contribution in [0.3, 0.4) is 0 Å². The maximum atomic E-state index is 12.9. The maximum absolute atomic E-state index is 12.9. The normalized spacial score (nSPS) is 20.9. The van der Waals surface area contributed by atoms with Crippen molar-refractivity contribution in [3.8, 4) is 27.4 Å². The van der Waals surface area contributed by atoms with Gasteiger partial charge in [0.15, 0.2) is 0 Å². The van der Waals surface area contributed by atoms with Crippen molar-refractivity contribution >= 4 is 34.8 Å². The first-order chi connectivity index (χ1) is 22.8. The molecular weight excluding hydrogens is 627 g/mol. The van der Waals surface area contributed by atoms with Gasteiger partial charge in [-0.3, -0.25) is 14.8 Å². The molecule has 7 rings (SSSR count). The summed E-state index contributed by atoms with van der Waals surface area (Å²) in [6.45, 7) is 13.3. The highest BCUT2D eigenvalue weighted by atomic mass is 32.1. The summed E-state index contributed by atoms with van der Waals surface area (Å²) in [4.78, 5) is 44.9. The number of rotatable bonds is 4. The predicted octanol–water partition coefficient (Wildman–Crippen LogP) is 8.40. The molecule has 0 spiro atoms. The topological polar surface area (TPSA) is 109 Å². The van der Waals surface area contributed by atoms with Gasteiger partial charge in [-0.05, 0) is 96.6 Å². The zero-order valence-electron chi connectivity index (χ0n) is 28.7. The lowest BCUT2D eigenvalue weighted by Crippen LogP contribution is -2.43. The van der Waals surface area contributed by atoms with Gasteiger partial charge in [-0.2, -0.15) is 0 Å². The third kappa shape index (κ3) is 6.61. The number of benzene rings is 1. The second kappa shape index (κ2) is 12.4. The van der Waals surface area contributed by atoms with Gasteiger partial charge in [0.1, 0.15) is 22.8 Å². The number of amides is 2. The molecule has 1 N–H and O–H groups in total. The molecule has 3 aromatic rings. The summed E-state index contributed by atoms with van der Waals surface area (Å²) in [5.74, 6) is 1.62. The van der Waals surface area contributed by atoms with Crippen molar-refractivity contribution in [1.29, 1.82) is 0 Å². The Morgan fingerprint density at radius 3 is 2.35 bits per heavy atom. The molecular formula is C37H45N5O5S. The molecule has 0 unspecified atom stereocenters. The van der Waals surface area contributed by atoms with E-state index in [2.05, 4.69) is 29.2 Å². The Bertz CT molecular complexity index is 1790. The minimum Gasteiger partial charge on any atom is -0.493 e. The zero-order chi connectivity index (χ0) is 33.8. The van der Waals surface area contributed by atoms with E-state index in [4.69, 9.17) is 24.2 Å². The number of nitrogens with one attached hydrogen (secondary N) is 1. The standard InChI is InChI=1S/C37H45N5O5S/c1-36(2,3)46-34(43)41-14-7-9-28(41)26-17-24(20-38-26)31-19-23-13-16-45-30-18-22(11-12-25(30)32(23)48-31)27-21-39-33(40-27)29-10-8-15-42(29)35(44)47-37(4,5)6/h11-12,18-21,28-29H,7-10,13-17H2,1-6H3,(H,39,40)/t28-,29-/m0/s1. The number of hydrogen-bond donors (Lipinski definition) is 1. The number of aliphatic imine (C=N–C) groups is 1. The fraction of sp³-hybridized carbons (Fsp3) is 0.514. The highest BCUT2D eigenvalue weighted by Crippen LogP contribution is 2.45. The zero-order valence-corrected chi connectivity index (χ0v) is 29.5. The van der Waals surface area contributed by atoms with E-state index in [1.54, 1.807) is 16.2 Å². The van der Waals surface area contributed by atoms with Crippen LogP contribution in [-0.4, -0.2) is 74.6 Å². The molecule has 2 fully saturated rings. The van der Waals surface area contributed by atoms with E-state index in [9.17, 15) is 9.59 Å². The number of carbonyl (C=O) groups excluding carboxylic acids is 2. The van der Waals surface area contributed by atoms with E-state index in [1.807, 2.05) is 58.8 Å². The molecule has 0 aliphatic carbocycles. The Balaban J connectivity index is 1.06. The van der Waals surface area contributed by atoms with Gasteiger partial charge in [-0.1, -0.05) is 6.07 Å². The van der Waals surface area contributed by atoms with Crippen LogP contribution in [0.5, 0.6) is 5.75 Å². The van der Waals surface area contributed by atoms with Gasteiger partial charge in [0.2, 0.25) is 0 Å². The van der Waals surface area contributed by atoms with Crippen molar-refractivity contribution < 1.29 is 23.8 Å². The van der Waals surface area contributed by atoms with Crippen LogP contribution in [0.1, 0.15) is 96.0 Å². The van der Waals surface area contributed by atoms with Crippen LogP contribution < -0.4 is 4.74 Å². The van der Waals surface area contributed by atoms with Crippen molar-refractivity contribution in [1.82, 2.24) is 19.8 Å². The van der Waals surface area contributed by atoms with Crippen molar-refractivity contribution in [3.63, 3.8) is 0 Å². The van der Waals surface area contributed by atoms with E-state index in [0.29, 0.717) is 19.7 Å². The van der Waals surface area contributed by atoms with Gasteiger partial charge in [0.25, 0.3) is 0 Å². The molecule has 0 radical (unpaired) electrons. The average Bonchev–Trinajstić information content (AvgIpc) is 3.84. The molecule has 48 heavy (non-hydrogen) atoms. The Hall–Kier alpha value is -4.12. The number of aromatic nitrogens is 2. The first-order valence-electron chi connectivity index (χ1n) is 17.0. The van der Waals surface area contributed by atoms with Crippen LogP contribution in [0.2, 0.25) is 0 Å². The molecule has 2 aromatic heterocycles. The number of nitrogens with zero attached hydrogens (tertiary/aromatic N) is 4. The molecule has 4 aliphatic rings. The lowest BCUT2D eigenvalue weighted by Gasteiger charge is -2.28.